The monoisotopic (exact) mass is 370 g/mol. The van der Waals surface area contributed by atoms with Gasteiger partial charge in [0.2, 0.25) is 5.75 Å². The molecule has 9 nitrogen and oxygen atoms in total. The molecule has 2 fully saturated rings. The van der Waals surface area contributed by atoms with Crippen LogP contribution in [-0.2, 0) is 9.47 Å². The van der Waals surface area contributed by atoms with Crippen molar-refractivity contribution in [1.82, 2.24) is 0 Å². The van der Waals surface area contributed by atoms with Crippen LogP contribution in [0.15, 0.2) is 17.1 Å². The molecule has 0 aromatic heterocycles. The van der Waals surface area contributed by atoms with Crippen molar-refractivity contribution < 1.29 is 23.7 Å². The predicted octanol–water partition coefficient (Wildman–Crippen LogP) is 0.901. The van der Waals surface area contributed by atoms with E-state index in [1.54, 1.807) is 12.1 Å². The minimum Gasteiger partial charge on any atom is -0.493 e. The van der Waals surface area contributed by atoms with Crippen molar-refractivity contribution in [3.8, 4) is 29.4 Å². The highest BCUT2D eigenvalue weighted by atomic mass is 16.8. The van der Waals surface area contributed by atoms with Gasteiger partial charge in [0, 0.05) is 11.5 Å². The van der Waals surface area contributed by atoms with Crippen molar-refractivity contribution in [3.63, 3.8) is 0 Å². The molecule has 1 spiro atoms. The molecule has 3 aliphatic rings. The molecule has 1 saturated heterocycles. The van der Waals surface area contributed by atoms with Gasteiger partial charge in [0.15, 0.2) is 16.9 Å². The summed E-state index contributed by atoms with van der Waals surface area (Å²) in [4.78, 5) is 4.25. The summed E-state index contributed by atoms with van der Waals surface area (Å²) >= 11 is 0. The summed E-state index contributed by atoms with van der Waals surface area (Å²) in [7, 11) is 4.47. The quantitative estimate of drug-likeness (QED) is 0.827. The Balaban J connectivity index is 1.96. The smallest absolute Gasteiger partial charge is 0.293 e. The van der Waals surface area contributed by atoms with Gasteiger partial charge >= 0.3 is 0 Å². The number of nitrogens with two attached hydrogens (primary N) is 1. The standard InChI is InChI=1S/C18H18N4O5/c1-23-11-5-4-10(12(24-2)13(11)25-3)14-16(8-19)15(21)22-18(17(14,16)9-20)26-6-7-27-18/h4-5,14H,6-7H2,1-3H3,(H2,21,22)/t14-,16-,17-/m1/s1. The lowest BCUT2D eigenvalue weighted by molar-refractivity contribution is -0.184. The van der Waals surface area contributed by atoms with Gasteiger partial charge in [0.25, 0.3) is 5.91 Å². The minimum absolute atomic E-state index is 0.0234. The highest BCUT2D eigenvalue weighted by Gasteiger charge is 2.94. The number of hydrogen-bond acceptors (Lipinski definition) is 9. The molecule has 27 heavy (non-hydrogen) atoms. The molecule has 1 saturated carbocycles. The van der Waals surface area contributed by atoms with E-state index in [1.165, 1.54) is 21.3 Å². The van der Waals surface area contributed by atoms with E-state index in [9.17, 15) is 10.5 Å². The molecule has 1 aromatic rings. The molecule has 0 unspecified atom stereocenters. The van der Waals surface area contributed by atoms with E-state index >= 15 is 0 Å². The number of ether oxygens (including phenoxy) is 5. The van der Waals surface area contributed by atoms with Gasteiger partial charge in [-0.15, -0.1) is 0 Å². The highest BCUT2D eigenvalue weighted by molar-refractivity contribution is 6.00. The molecule has 9 heteroatoms. The van der Waals surface area contributed by atoms with E-state index < -0.39 is 22.7 Å². The second kappa shape index (κ2) is 5.49. The van der Waals surface area contributed by atoms with Crippen LogP contribution in [-0.4, -0.2) is 46.3 Å². The zero-order valence-corrected chi connectivity index (χ0v) is 15.1. The summed E-state index contributed by atoms with van der Waals surface area (Å²) in [5.74, 6) is -1.04. The average molecular weight is 370 g/mol. The van der Waals surface area contributed by atoms with Crippen LogP contribution in [0.1, 0.15) is 11.5 Å². The summed E-state index contributed by atoms with van der Waals surface area (Å²) in [6.45, 7) is 0.523. The molecule has 0 amide bonds. The van der Waals surface area contributed by atoms with E-state index in [-0.39, 0.29) is 19.0 Å². The van der Waals surface area contributed by atoms with Gasteiger partial charge < -0.3 is 29.4 Å². The zero-order chi connectivity index (χ0) is 19.4. The topological polar surface area (TPSA) is 132 Å². The Hall–Kier alpha value is -3.01. The van der Waals surface area contributed by atoms with E-state index in [2.05, 4.69) is 17.1 Å². The first-order valence-electron chi connectivity index (χ1n) is 8.28. The Labute approximate surface area is 155 Å². The lowest BCUT2D eigenvalue weighted by Crippen LogP contribution is -2.38. The molecule has 3 atom stereocenters. The van der Waals surface area contributed by atoms with Gasteiger partial charge in [0.05, 0.1) is 46.7 Å². The average Bonchev–Trinajstić information content (AvgIpc) is 2.93. The third-order valence-corrected chi connectivity index (χ3v) is 5.65. The largest absolute Gasteiger partial charge is 0.493 e. The second-order valence-electron chi connectivity index (χ2n) is 6.47. The third kappa shape index (κ3) is 1.67. The van der Waals surface area contributed by atoms with Crippen LogP contribution in [0.4, 0.5) is 0 Å². The van der Waals surface area contributed by atoms with E-state index in [1.807, 2.05) is 0 Å². The molecule has 2 aliphatic heterocycles. The van der Waals surface area contributed by atoms with E-state index in [0.717, 1.165) is 0 Å². The third-order valence-electron chi connectivity index (χ3n) is 5.65. The summed E-state index contributed by atoms with van der Waals surface area (Å²) in [6, 6.07) is 7.87. The number of nitriles is 2. The Morgan fingerprint density at radius 3 is 2.26 bits per heavy atom. The number of nitrogens with zero attached hydrogens (tertiary/aromatic N) is 3. The normalized spacial score (nSPS) is 32.2. The maximum Gasteiger partial charge on any atom is 0.293 e. The first-order valence-corrected chi connectivity index (χ1v) is 8.28. The second-order valence-corrected chi connectivity index (χ2v) is 6.47. The number of aliphatic imine (C=N–C) groups is 1. The fourth-order valence-corrected chi connectivity index (χ4v) is 4.54. The summed E-state index contributed by atoms with van der Waals surface area (Å²) in [5, 5.41) is 20.2. The first-order chi connectivity index (χ1) is 13.0. The van der Waals surface area contributed by atoms with Crippen LogP contribution in [0.3, 0.4) is 0 Å². The summed E-state index contributed by atoms with van der Waals surface area (Å²) in [6.07, 6.45) is 0. The summed E-state index contributed by atoms with van der Waals surface area (Å²) < 4.78 is 27.7. The molecule has 0 bridgehead atoms. The van der Waals surface area contributed by atoms with Gasteiger partial charge in [-0.3, -0.25) is 0 Å². The fourth-order valence-electron chi connectivity index (χ4n) is 4.54. The fraction of sp³-hybridized carbons (Fsp3) is 0.500. The zero-order valence-electron chi connectivity index (χ0n) is 15.1. The van der Waals surface area contributed by atoms with E-state index in [4.69, 9.17) is 29.4 Å². The Bertz CT molecular complexity index is 927. The molecular formula is C18H18N4O5. The number of fused-ring (bicyclic) bond motifs is 2. The van der Waals surface area contributed by atoms with E-state index in [0.29, 0.717) is 22.8 Å². The molecule has 4 rings (SSSR count). The Morgan fingerprint density at radius 2 is 1.74 bits per heavy atom. The van der Waals surface area contributed by atoms with Gasteiger partial charge in [0.1, 0.15) is 11.3 Å². The number of benzene rings is 1. The van der Waals surface area contributed by atoms with Gasteiger partial charge in [-0.05, 0) is 6.07 Å². The van der Waals surface area contributed by atoms with Gasteiger partial charge in [-0.25, -0.2) is 4.99 Å². The van der Waals surface area contributed by atoms with Crippen molar-refractivity contribution in [2.75, 3.05) is 34.5 Å². The van der Waals surface area contributed by atoms with Crippen molar-refractivity contribution in [2.45, 2.75) is 11.8 Å². The summed E-state index contributed by atoms with van der Waals surface area (Å²) in [5.41, 5.74) is 3.93. The Kier molecular flexibility index (Phi) is 3.54. The number of hydrogen-bond donors (Lipinski definition) is 1. The molecule has 0 radical (unpaired) electrons. The SMILES string of the molecule is COc1ccc([C@@H]2[C@]3(C#N)C(N)=NC4(OCCO4)[C@]23C#N)c(OC)c1OC. The van der Waals surface area contributed by atoms with Crippen LogP contribution < -0.4 is 19.9 Å². The van der Waals surface area contributed by atoms with Crippen molar-refractivity contribution in [3.05, 3.63) is 17.7 Å². The van der Waals surface area contributed by atoms with Crippen molar-refractivity contribution >= 4 is 5.84 Å². The number of methoxy groups -OCH3 is 3. The van der Waals surface area contributed by atoms with Crippen LogP contribution in [0.5, 0.6) is 17.2 Å². The minimum atomic E-state index is -1.59. The predicted molar refractivity (Wildman–Crippen MR) is 91.2 cm³/mol. The molecular weight excluding hydrogens is 352 g/mol. The number of rotatable bonds is 4. The molecule has 1 aromatic carbocycles. The maximum absolute atomic E-state index is 10.1. The van der Waals surface area contributed by atoms with Gasteiger partial charge in [-0.1, -0.05) is 6.07 Å². The maximum atomic E-state index is 10.1. The molecule has 140 valence electrons. The lowest BCUT2D eigenvalue weighted by atomic mass is 9.93. The molecule has 1 aliphatic carbocycles. The van der Waals surface area contributed by atoms with Crippen molar-refractivity contribution in [1.29, 1.82) is 10.5 Å². The Morgan fingerprint density at radius 1 is 1.07 bits per heavy atom. The highest BCUT2D eigenvalue weighted by Crippen LogP contribution is 2.83. The van der Waals surface area contributed by atoms with Gasteiger partial charge in [-0.2, -0.15) is 10.5 Å². The number of amidine groups is 1. The molecule has 2 heterocycles. The first kappa shape index (κ1) is 17.4. The van der Waals surface area contributed by atoms with Crippen LogP contribution in [0.25, 0.3) is 0 Å². The van der Waals surface area contributed by atoms with Crippen LogP contribution in [0, 0.1) is 33.5 Å². The molecule has 2 N–H and O–H groups in total. The van der Waals surface area contributed by atoms with Crippen LogP contribution in [0.2, 0.25) is 0 Å². The van der Waals surface area contributed by atoms with Crippen LogP contribution >= 0.6 is 0 Å². The van der Waals surface area contributed by atoms with Crippen molar-refractivity contribution in [2.24, 2.45) is 21.6 Å². The lowest BCUT2D eigenvalue weighted by Gasteiger charge is -2.26.